The summed E-state index contributed by atoms with van der Waals surface area (Å²) in [6.07, 6.45) is 2.45. The number of aliphatic hydroxyl groups is 1. The molecule has 1 aromatic rings. The van der Waals surface area contributed by atoms with Crippen LogP contribution in [0.1, 0.15) is 23.3 Å². The number of likely N-dealkylation sites (N-methyl/N-ethyl adjacent to an activating group) is 1. The lowest BCUT2D eigenvalue weighted by atomic mass is 9.94. The maximum absolute atomic E-state index is 12.1. The predicted octanol–water partition coefficient (Wildman–Crippen LogP) is -0.395. The highest BCUT2D eigenvalue weighted by atomic mass is 16.5. The molecule has 1 fully saturated rings. The Balaban J connectivity index is 2.01. The number of nitrogens with zero attached hydrogens (tertiary/aromatic N) is 2. The minimum atomic E-state index is -0.878. The van der Waals surface area contributed by atoms with Gasteiger partial charge in [-0.05, 0) is 0 Å². The summed E-state index contributed by atoms with van der Waals surface area (Å²) in [6.45, 7) is 1.29. The van der Waals surface area contributed by atoms with Gasteiger partial charge in [-0.1, -0.05) is 0 Å². The number of ether oxygens (including phenoxy) is 1. The van der Waals surface area contributed by atoms with Crippen molar-refractivity contribution >= 4 is 11.6 Å². The molecule has 0 aromatic carbocycles. The average molecular weight is 254 g/mol. The van der Waals surface area contributed by atoms with Gasteiger partial charge in [0.05, 0.1) is 17.5 Å². The van der Waals surface area contributed by atoms with Crippen molar-refractivity contribution in [1.29, 1.82) is 0 Å². The van der Waals surface area contributed by atoms with Crippen LogP contribution in [0.4, 0.5) is 5.69 Å². The Morgan fingerprint density at radius 2 is 2.33 bits per heavy atom. The molecular formula is C11H18N4O3. The van der Waals surface area contributed by atoms with Crippen LogP contribution in [0.5, 0.6) is 0 Å². The van der Waals surface area contributed by atoms with Crippen LogP contribution < -0.4 is 5.73 Å². The molecular weight excluding hydrogens is 236 g/mol. The Kier molecular flexibility index (Phi) is 3.53. The quantitative estimate of drug-likeness (QED) is 0.681. The molecule has 100 valence electrons. The molecule has 0 spiro atoms. The number of hydrogen-bond donors (Lipinski definition) is 3. The Hall–Kier alpha value is -1.60. The molecule has 7 nitrogen and oxygen atoms in total. The van der Waals surface area contributed by atoms with Crippen LogP contribution in [-0.2, 0) is 4.74 Å². The fourth-order valence-corrected chi connectivity index (χ4v) is 2.08. The Bertz CT molecular complexity index is 426. The number of nitrogens with two attached hydrogens (primary N) is 1. The fourth-order valence-electron chi connectivity index (χ4n) is 2.08. The van der Waals surface area contributed by atoms with Gasteiger partial charge in [0, 0.05) is 39.6 Å². The number of nitrogens with one attached hydrogen (secondary N) is 1. The van der Waals surface area contributed by atoms with Crippen LogP contribution in [0.25, 0.3) is 0 Å². The molecule has 0 bridgehead atoms. The summed E-state index contributed by atoms with van der Waals surface area (Å²) in [5.74, 6) is -0.273. The number of carbonyl (C=O) groups is 1. The van der Waals surface area contributed by atoms with Crippen molar-refractivity contribution < 1.29 is 14.6 Å². The van der Waals surface area contributed by atoms with Gasteiger partial charge in [-0.15, -0.1) is 0 Å². The molecule has 1 aromatic heterocycles. The first-order valence-corrected chi connectivity index (χ1v) is 5.86. The van der Waals surface area contributed by atoms with E-state index in [2.05, 4.69) is 10.2 Å². The summed E-state index contributed by atoms with van der Waals surface area (Å²) in [5, 5.41) is 16.6. The van der Waals surface area contributed by atoms with E-state index in [0.717, 1.165) is 0 Å². The minimum absolute atomic E-state index is 0.258. The zero-order chi connectivity index (χ0) is 13.2. The van der Waals surface area contributed by atoms with E-state index in [1.807, 2.05) is 0 Å². The van der Waals surface area contributed by atoms with Crippen LogP contribution in [0, 0.1) is 0 Å². The molecule has 4 N–H and O–H groups in total. The first kappa shape index (κ1) is 12.8. The molecule has 0 unspecified atom stereocenters. The topological polar surface area (TPSA) is 104 Å². The molecule has 0 aliphatic carbocycles. The van der Waals surface area contributed by atoms with E-state index in [0.29, 0.717) is 31.7 Å². The van der Waals surface area contributed by atoms with E-state index in [9.17, 15) is 9.90 Å². The van der Waals surface area contributed by atoms with Crippen LogP contribution in [0.15, 0.2) is 6.20 Å². The SMILES string of the molecule is CN(CC1(O)CCOCC1)C(=O)c1[nH]ncc1N. The first-order chi connectivity index (χ1) is 8.52. The van der Waals surface area contributed by atoms with Crippen molar-refractivity contribution in [2.24, 2.45) is 0 Å². The smallest absolute Gasteiger partial charge is 0.273 e. The second-order valence-corrected chi connectivity index (χ2v) is 4.70. The summed E-state index contributed by atoms with van der Waals surface area (Å²) in [7, 11) is 1.63. The number of carbonyl (C=O) groups excluding carboxylic acids is 1. The number of aromatic amines is 1. The average Bonchev–Trinajstić information content (AvgIpc) is 2.74. The van der Waals surface area contributed by atoms with E-state index in [-0.39, 0.29) is 18.1 Å². The number of hydrogen-bond acceptors (Lipinski definition) is 5. The molecule has 0 radical (unpaired) electrons. The fraction of sp³-hybridized carbons (Fsp3) is 0.636. The zero-order valence-electron chi connectivity index (χ0n) is 10.3. The molecule has 1 aliphatic rings. The lowest BCUT2D eigenvalue weighted by Gasteiger charge is -2.35. The van der Waals surface area contributed by atoms with Gasteiger partial charge in [0.2, 0.25) is 0 Å². The summed E-state index contributed by atoms with van der Waals surface area (Å²) < 4.78 is 5.20. The molecule has 1 aliphatic heterocycles. The van der Waals surface area contributed by atoms with Crippen molar-refractivity contribution in [2.75, 3.05) is 32.5 Å². The Morgan fingerprint density at radius 1 is 1.67 bits per heavy atom. The van der Waals surface area contributed by atoms with E-state index in [1.54, 1.807) is 7.05 Å². The zero-order valence-corrected chi connectivity index (χ0v) is 10.3. The van der Waals surface area contributed by atoms with E-state index in [1.165, 1.54) is 11.1 Å². The third kappa shape index (κ3) is 2.62. The largest absolute Gasteiger partial charge is 0.396 e. The Labute approximate surface area is 105 Å². The third-order valence-corrected chi connectivity index (χ3v) is 3.18. The van der Waals surface area contributed by atoms with E-state index >= 15 is 0 Å². The lowest BCUT2D eigenvalue weighted by molar-refractivity contribution is -0.0734. The standard InChI is InChI=1S/C11H18N4O3/c1-15(7-11(17)2-4-18-5-3-11)10(16)9-8(12)6-13-14-9/h6,17H,2-5,7,12H2,1H3,(H,13,14). The predicted molar refractivity (Wildman–Crippen MR) is 65.0 cm³/mol. The van der Waals surface area contributed by atoms with E-state index < -0.39 is 5.60 Å². The highest BCUT2D eigenvalue weighted by Crippen LogP contribution is 2.22. The van der Waals surface area contributed by atoms with Gasteiger partial charge < -0.3 is 20.5 Å². The van der Waals surface area contributed by atoms with Crippen molar-refractivity contribution in [3.63, 3.8) is 0 Å². The number of amides is 1. The molecule has 2 heterocycles. The molecule has 1 saturated heterocycles. The summed E-state index contributed by atoms with van der Waals surface area (Å²) in [5.41, 5.74) is 5.31. The second-order valence-electron chi connectivity index (χ2n) is 4.70. The summed E-state index contributed by atoms with van der Waals surface area (Å²) in [6, 6.07) is 0. The van der Waals surface area contributed by atoms with Crippen LogP contribution in [0.2, 0.25) is 0 Å². The maximum Gasteiger partial charge on any atom is 0.273 e. The van der Waals surface area contributed by atoms with Crippen molar-refractivity contribution in [3.05, 3.63) is 11.9 Å². The first-order valence-electron chi connectivity index (χ1n) is 5.86. The number of anilines is 1. The molecule has 18 heavy (non-hydrogen) atoms. The minimum Gasteiger partial charge on any atom is -0.396 e. The van der Waals surface area contributed by atoms with Gasteiger partial charge in [-0.3, -0.25) is 9.89 Å². The van der Waals surface area contributed by atoms with E-state index in [4.69, 9.17) is 10.5 Å². The highest BCUT2D eigenvalue weighted by Gasteiger charge is 2.33. The van der Waals surface area contributed by atoms with Crippen LogP contribution >= 0.6 is 0 Å². The molecule has 1 amide bonds. The molecule has 0 saturated carbocycles. The van der Waals surface area contributed by atoms with Gasteiger partial charge in [0.25, 0.3) is 5.91 Å². The van der Waals surface area contributed by atoms with Gasteiger partial charge in [-0.2, -0.15) is 5.10 Å². The molecule has 0 atom stereocenters. The number of H-pyrrole nitrogens is 1. The van der Waals surface area contributed by atoms with Crippen molar-refractivity contribution in [3.8, 4) is 0 Å². The summed E-state index contributed by atoms with van der Waals surface area (Å²) >= 11 is 0. The second kappa shape index (κ2) is 4.95. The highest BCUT2D eigenvalue weighted by molar-refractivity contribution is 5.96. The Morgan fingerprint density at radius 3 is 2.89 bits per heavy atom. The number of nitrogen functional groups attached to an aromatic ring is 1. The molecule has 7 heteroatoms. The number of rotatable bonds is 3. The maximum atomic E-state index is 12.1. The van der Waals surface area contributed by atoms with Gasteiger partial charge >= 0.3 is 0 Å². The van der Waals surface area contributed by atoms with Gasteiger partial charge in [0.15, 0.2) is 0 Å². The normalized spacial score (nSPS) is 18.6. The third-order valence-electron chi connectivity index (χ3n) is 3.18. The molecule has 2 rings (SSSR count). The van der Waals surface area contributed by atoms with Crippen LogP contribution in [-0.4, -0.2) is 58.5 Å². The lowest BCUT2D eigenvalue weighted by Crippen LogP contribution is -2.47. The van der Waals surface area contributed by atoms with Crippen molar-refractivity contribution in [1.82, 2.24) is 15.1 Å². The van der Waals surface area contributed by atoms with Gasteiger partial charge in [0.1, 0.15) is 5.69 Å². The monoisotopic (exact) mass is 254 g/mol. The van der Waals surface area contributed by atoms with Gasteiger partial charge in [-0.25, -0.2) is 0 Å². The van der Waals surface area contributed by atoms with Crippen LogP contribution in [0.3, 0.4) is 0 Å². The van der Waals surface area contributed by atoms with Crippen molar-refractivity contribution in [2.45, 2.75) is 18.4 Å². The number of aromatic nitrogens is 2. The summed E-state index contributed by atoms with van der Waals surface area (Å²) in [4.78, 5) is 13.5.